The van der Waals surface area contributed by atoms with Crippen LogP contribution in [0.5, 0.6) is 0 Å². The first-order valence-corrected chi connectivity index (χ1v) is 10.8. The molecule has 1 amide bonds. The first-order valence-electron chi connectivity index (χ1n) is 10.8. The van der Waals surface area contributed by atoms with E-state index in [9.17, 15) is 9.18 Å². The van der Waals surface area contributed by atoms with Crippen LogP contribution in [0.25, 0.3) is 28.0 Å². The molecule has 168 valence electrons. The van der Waals surface area contributed by atoms with Crippen molar-refractivity contribution < 1.29 is 13.7 Å². The molecule has 8 nitrogen and oxygen atoms in total. The summed E-state index contributed by atoms with van der Waals surface area (Å²) in [6.45, 7) is 1.90. The fourth-order valence-electron chi connectivity index (χ4n) is 3.88. The number of rotatable bonds is 5. The zero-order valence-corrected chi connectivity index (χ0v) is 18.1. The lowest BCUT2D eigenvalue weighted by molar-refractivity contribution is 0.102. The first-order chi connectivity index (χ1) is 16.6. The second kappa shape index (κ2) is 7.87. The quantitative estimate of drug-likeness (QED) is 0.408. The van der Waals surface area contributed by atoms with E-state index in [0.29, 0.717) is 40.5 Å². The lowest BCUT2D eigenvalue weighted by Gasteiger charge is -2.09. The Kier molecular flexibility index (Phi) is 4.68. The average Bonchev–Trinajstić information content (AvgIpc) is 3.25. The highest BCUT2D eigenvalue weighted by atomic mass is 19.1. The van der Waals surface area contributed by atoms with Crippen molar-refractivity contribution in [2.75, 3.05) is 5.32 Å². The van der Waals surface area contributed by atoms with Gasteiger partial charge in [-0.05, 0) is 48.7 Å². The van der Waals surface area contributed by atoms with Gasteiger partial charge in [-0.1, -0.05) is 23.4 Å². The fourth-order valence-corrected chi connectivity index (χ4v) is 3.88. The van der Waals surface area contributed by atoms with Crippen molar-refractivity contribution in [3.8, 4) is 22.5 Å². The van der Waals surface area contributed by atoms with Gasteiger partial charge in [0.2, 0.25) is 11.7 Å². The molecule has 0 bridgehead atoms. The van der Waals surface area contributed by atoms with Crippen molar-refractivity contribution in [3.63, 3.8) is 0 Å². The van der Waals surface area contributed by atoms with Crippen LogP contribution in [-0.4, -0.2) is 36.8 Å². The van der Waals surface area contributed by atoms with E-state index < -0.39 is 6.17 Å². The van der Waals surface area contributed by atoms with E-state index in [0.717, 1.165) is 16.7 Å². The molecule has 1 aliphatic rings. The molecule has 0 saturated heterocycles. The van der Waals surface area contributed by atoms with E-state index in [1.165, 1.54) is 0 Å². The molecule has 4 heterocycles. The molecule has 1 fully saturated rings. The average molecular weight is 454 g/mol. The van der Waals surface area contributed by atoms with Crippen molar-refractivity contribution in [2.45, 2.75) is 25.4 Å². The smallest absolute Gasteiger partial charge is 0.259 e. The van der Waals surface area contributed by atoms with Gasteiger partial charge in [0.05, 0.1) is 23.2 Å². The van der Waals surface area contributed by atoms with Gasteiger partial charge >= 0.3 is 0 Å². The van der Waals surface area contributed by atoms with Gasteiger partial charge in [0.15, 0.2) is 0 Å². The molecule has 0 radical (unpaired) electrons. The number of pyridine rings is 2. The molecule has 1 saturated carbocycles. The maximum absolute atomic E-state index is 13.3. The number of amides is 1. The third kappa shape index (κ3) is 3.61. The Morgan fingerprint density at radius 3 is 2.82 bits per heavy atom. The Morgan fingerprint density at radius 1 is 1.15 bits per heavy atom. The van der Waals surface area contributed by atoms with Crippen LogP contribution in [0, 0.1) is 6.92 Å². The van der Waals surface area contributed by atoms with Gasteiger partial charge in [-0.25, -0.2) is 8.91 Å². The molecule has 1 aliphatic carbocycles. The van der Waals surface area contributed by atoms with E-state index in [1.807, 2.05) is 49.5 Å². The molecular formula is C25H19FN6O2. The molecule has 2 atom stereocenters. The number of fused-ring (bicyclic) bond motifs is 1. The number of hydrogen-bond acceptors (Lipinski definition) is 6. The van der Waals surface area contributed by atoms with Crippen LogP contribution in [0.15, 0.2) is 71.8 Å². The zero-order valence-electron chi connectivity index (χ0n) is 18.1. The minimum Gasteiger partial charge on any atom is -0.339 e. The molecule has 6 rings (SSSR count). The van der Waals surface area contributed by atoms with E-state index in [1.54, 1.807) is 29.2 Å². The van der Waals surface area contributed by atoms with Gasteiger partial charge in [0, 0.05) is 35.4 Å². The number of halogens is 1. The molecule has 0 spiro atoms. The Balaban J connectivity index is 1.29. The summed E-state index contributed by atoms with van der Waals surface area (Å²) in [6, 6.07) is 13.2. The van der Waals surface area contributed by atoms with Crippen LogP contribution in [0.4, 0.5) is 10.1 Å². The van der Waals surface area contributed by atoms with Gasteiger partial charge in [-0.15, -0.1) is 0 Å². The minimum absolute atomic E-state index is 0.286. The zero-order chi connectivity index (χ0) is 23.2. The van der Waals surface area contributed by atoms with Crippen LogP contribution < -0.4 is 5.32 Å². The number of carbonyl (C=O) groups is 1. The SMILES string of the molecule is Cc1ccc(-c2noc([C@H]3C[C@@H]3F)n2)cc1NC(=O)c1cnn2ccc(-c3cccnc3)cc12. The Morgan fingerprint density at radius 2 is 2.03 bits per heavy atom. The number of alkyl halides is 1. The number of carbonyl (C=O) groups excluding carboxylic acids is 1. The van der Waals surface area contributed by atoms with Gasteiger partial charge in [0.1, 0.15) is 6.17 Å². The van der Waals surface area contributed by atoms with E-state index >= 15 is 0 Å². The van der Waals surface area contributed by atoms with Crippen LogP contribution in [0.3, 0.4) is 0 Å². The summed E-state index contributed by atoms with van der Waals surface area (Å²) in [5.74, 6) is 0.0785. The summed E-state index contributed by atoms with van der Waals surface area (Å²) >= 11 is 0. The number of anilines is 1. The molecule has 4 aromatic heterocycles. The molecule has 9 heteroatoms. The predicted octanol–water partition coefficient (Wildman–Crippen LogP) is 4.83. The van der Waals surface area contributed by atoms with Crippen molar-refractivity contribution >= 4 is 17.1 Å². The highest BCUT2D eigenvalue weighted by Crippen LogP contribution is 2.43. The largest absolute Gasteiger partial charge is 0.339 e. The highest BCUT2D eigenvalue weighted by Gasteiger charge is 2.43. The van der Waals surface area contributed by atoms with Crippen molar-refractivity contribution in [1.82, 2.24) is 24.7 Å². The summed E-state index contributed by atoms with van der Waals surface area (Å²) in [5.41, 5.74) is 5.18. The van der Waals surface area contributed by atoms with Crippen molar-refractivity contribution in [1.29, 1.82) is 0 Å². The van der Waals surface area contributed by atoms with Crippen LogP contribution in [0.1, 0.15) is 34.2 Å². The van der Waals surface area contributed by atoms with Crippen LogP contribution in [0.2, 0.25) is 0 Å². The summed E-state index contributed by atoms with van der Waals surface area (Å²) < 4.78 is 20.2. The minimum atomic E-state index is -0.911. The fraction of sp³-hybridized carbons (Fsp3) is 0.160. The summed E-state index contributed by atoms with van der Waals surface area (Å²) in [4.78, 5) is 21.7. The maximum atomic E-state index is 13.3. The maximum Gasteiger partial charge on any atom is 0.259 e. The van der Waals surface area contributed by atoms with Crippen LogP contribution >= 0.6 is 0 Å². The standard InChI is InChI=1S/C25H19FN6O2/c1-14-4-5-16(23-30-25(34-31-23)18-11-20(18)26)9-21(14)29-24(33)19-13-28-32-8-6-15(10-22(19)32)17-3-2-7-27-12-17/h2-10,12-13,18,20H,11H2,1H3,(H,29,33)/t18-,20-/m0/s1. The summed E-state index contributed by atoms with van der Waals surface area (Å²) in [5, 5.41) is 11.3. The molecule has 1 aromatic carbocycles. The normalized spacial score (nSPS) is 17.1. The third-order valence-electron chi connectivity index (χ3n) is 5.98. The molecule has 5 aromatic rings. The molecule has 0 unspecified atom stereocenters. The lowest BCUT2D eigenvalue weighted by atomic mass is 10.1. The lowest BCUT2D eigenvalue weighted by Crippen LogP contribution is -2.12. The highest BCUT2D eigenvalue weighted by molar-refractivity contribution is 6.09. The van der Waals surface area contributed by atoms with Crippen molar-refractivity contribution in [3.05, 3.63) is 84.3 Å². The molecule has 1 N–H and O–H groups in total. The van der Waals surface area contributed by atoms with E-state index in [2.05, 4.69) is 25.5 Å². The predicted molar refractivity (Wildman–Crippen MR) is 123 cm³/mol. The number of nitrogens with one attached hydrogen (secondary N) is 1. The number of benzene rings is 1. The summed E-state index contributed by atoms with van der Waals surface area (Å²) in [6.07, 6.45) is 6.36. The molecule has 0 aliphatic heterocycles. The number of aromatic nitrogens is 5. The topological polar surface area (TPSA) is 98.2 Å². The Labute approximate surface area is 193 Å². The number of aryl methyl sites for hydroxylation is 1. The Hall–Kier alpha value is -4.40. The van der Waals surface area contributed by atoms with Gasteiger partial charge in [-0.2, -0.15) is 10.1 Å². The molecular weight excluding hydrogens is 435 g/mol. The van der Waals surface area contributed by atoms with E-state index in [-0.39, 0.29) is 11.8 Å². The second-order valence-electron chi connectivity index (χ2n) is 8.34. The van der Waals surface area contributed by atoms with Gasteiger partial charge in [0.25, 0.3) is 5.91 Å². The number of nitrogens with zero attached hydrogens (tertiary/aromatic N) is 5. The van der Waals surface area contributed by atoms with Gasteiger partial charge < -0.3 is 9.84 Å². The first kappa shape index (κ1) is 20.2. The molecule has 34 heavy (non-hydrogen) atoms. The van der Waals surface area contributed by atoms with E-state index in [4.69, 9.17) is 4.52 Å². The third-order valence-corrected chi connectivity index (χ3v) is 5.98. The van der Waals surface area contributed by atoms with Crippen LogP contribution in [-0.2, 0) is 0 Å². The summed E-state index contributed by atoms with van der Waals surface area (Å²) in [7, 11) is 0. The number of hydrogen-bond donors (Lipinski definition) is 1. The monoisotopic (exact) mass is 454 g/mol. The van der Waals surface area contributed by atoms with Gasteiger partial charge in [-0.3, -0.25) is 9.78 Å². The second-order valence-corrected chi connectivity index (χ2v) is 8.34. The van der Waals surface area contributed by atoms with Crippen molar-refractivity contribution in [2.24, 2.45) is 0 Å². The Bertz CT molecular complexity index is 1530.